The van der Waals surface area contributed by atoms with Gasteiger partial charge >= 0.3 is 5.69 Å². The van der Waals surface area contributed by atoms with E-state index < -0.39 is 0 Å². The van der Waals surface area contributed by atoms with E-state index in [1.165, 1.54) is 32.1 Å². The molecule has 8 nitrogen and oxygen atoms in total. The number of hydrogen-bond donors (Lipinski definition) is 1. The molecular weight excluding hydrogens is 438 g/mol. The molecule has 4 aromatic rings. The number of aromatic amines is 1. The monoisotopic (exact) mass is 469 g/mol. The van der Waals surface area contributed by atoms with E-state index in [1.54, 1.807) is 4.68 Å². The average molecular weight is 470 g/mol. The summed E-state index contributed by atoms with van der Waals surface area (Å²) in [6, 6.07) is 16.3. The first-order valence-corrected chi connectivity index (χ1v) is 12.4. The topological polar surface area (TPSA) is 94.3 Å². The first kappa shape index (κ1) is 23.0. The second-order valence-corrected chi connectivity index (χ2v) is 9.22. The quantitative estimate of drug-likeness (QED) is 0.380. The third kappa shape index (κ3) is 5.16. The Labute approximate surface area is 204 Å². The number of tetrazole rings is 1. The Balaban J connectivity index is 1.40. The van der Waals surface area contributed by atoms with E-state index in [0.29, 0.717) is 24.7 Å². The summed E-state index contributed by atoms with van der Waals surface area (Å²) in [6.07, 6.45) is 10.9. The Morgan fingerprint density at radius 2 is 1.80 bits per heavy atom. The summed E-state index contributed by atoms with van der Waals surface area (Å²) in [5.41, 5.74) is 4.06. The molecule has 180 valence electrons. The van der Waals surface area contributed by atoms with Crippen molar-refractivity contribution >= 4 is 0 Å². The molecule has 1 aliphatic carbocycles. The fourth-order valence-electron chi connectivity index (χ4n) is 4.93. The Bertz CT molecular complexity index is 1330. The highest BCUT2D eigenvalue weighted by atomic mass is 16.2. The molecule has 2 heterocycles. The molecular formula is C27H31N7O. The summed E-state index contributed by atoms with van der Waals surface area (Å²) in [5, 5.41) is 19.2. The molecule has 0 spiro atoms. The second-order valence-electron chi connectivity index (χ2n) is 9.22. The van der Waals surface area contributed by atoms with Crippen LogP contribution in [-0.4, -0.2) is 35.0 Å². The second kappa shape index (κ2) is 10.6. The molecule has 0 bridgehead atoms. The van der Waals surface area contributed by atoms with E-state index in [4.69, 9.17) is 5.10 Å². The highest BCUT2D eigenvalue weighted by molar-refractivity contribution is 5.80. The van der Waals surface area contributed by atoms with Crippen LogP contribution in [0.25, 0.3) is 22.5 Å². The lowest BCUT2D eigenvalue weighted by Gasteiger charge is -2.20. The molecule has 8 heteroatoms. The molecule has 5 rings (SSSR count). The van der Waals surface area contributed by atoms with Crippen molar-refractivity contribution in [2.45, 2.75) is 58.5 Å². The predicted molar refractivity (Wildman–Crippen MR) is 136 cm³/mol. The minimum Gasteiger partial charge on any atom is -0.274 e. The molecule has 35 heavy (non-hydrogen) atoms. The van der Waals surface area contributed by atoms with E-state index in [-0.39, 0.29) is 5.69 Å². The number of nitrogens with zero attached hydrogens (tertiary/aromatic N) is 6. The summed E-state index contributed by atoms with van der Waals surface area (Å²) in [4.78, 5) is 13.3. The first-order chi connectivity index (χ1) is 17.2. The van der Waals surface area contributed by atoms with E-state index >= 15 is 0 Å². The average Bonchev–Trinajstić information content (AvgIpc) is 3.54. The minimum absolute atomic E-state index is 0.0124. The number of hydrogen-bond acceptors (Lipinski definition) is 5. The summed E-state index contributed by atoms with van der Waals surface area (Å²) < 4.78 is 3.52. The van der Waals surface area contributed by atoms with E-state index in [9.17, 15) is 4.79 Å². The van der Waals surface area contributed by atoms with Gasteiger partial charge in [-0.05, 0) is 47.6 Å². The molecule has 0 amide bonds. The van der Waals surface area contributed by atoms with Crippen LogP contribution in [0.2, 0.25) is 0 Å². The lowest BCUT2D eigenvalue weighted by atomic mass is 9.89. The van der Waals surface area contributed by atoms with E-state index in [0.717, 1.165) is 34.6 Å². The normalized spacial score (nSPS) is 14.7. The molecule has 1 fully saturated rings. The van der Waals surface area contributed by atoms with Crippen molar-refractivity contribution in [2.24, 2.45) is 5.92 Å². The minimum atomic E-state index is -0.0124. The summed E-state index contributed by atoms with van der Waals surface area (Å²) in [6.45, 7) is 3.22. The van der Waals surface area contributed by atoms with Gasteiger partial charge in [-0.25, -0.2) is 9.48 Å². The maximum Gasteiger partial charge on any atom is 0.346 e. The Kier molecular flexibility index (Phi) is 6.97. The summed E-state index contributed by atoms with van der Waals surface area (Å²) in [5.74, 6) is 1.93. The molecule has 1 saturated carbocycles. The molecule has 0 unspecified atom stereocenters. The zero-order chi connectivity index (χ0) is 24.0. The van der Waals surface area contributed by atoms with Gasteiger partial charge in [-0.3, -0.25) is 4.57 Å². The van der Waals surface area contributed by atoms with Crippen molar-refractivity contribution < 1.29 is 0 Å². The van der Waals surface area contributed by atoms with Crippen LogP contribution in [0.3, 0.4) is 0 Å². The third-order valence-corrected chi connectivity index (χ3v) is 6.81. The molecule has 2 aromatic carbocycles. The van der Waals surface area contributed by atoms with Crippen LogP contribution in [0.5, 0.6) is 0 Å². The van der Waals surface area contributed by atoms with Gasteiger partial charge in [0.1, 0.15) is 5.82 Å². The zero-order valence-electron chi connectivity index (χ0n) is 20.1. The highest BCUT2D eigenvalue weighted by Crippen LogP contribution is 2.30. The van der Waals surface area contributed by atoms with Crippen molar-refractivity contribution in [3.05, 3.63) is 82.6 Å². The van der Waals surface area contributed by atoms with Gasteiger partial charge < -0.3 is 0 Å². The molecule has 1 aliphatic rings. The maximum atomic E-state index is 13.3. The Morgan fingerprint density at radius 1 is 1.03 bits per heavy atom. The van der Waals surface area contributed by atoms with Gasteiger partial charge in [-0.15, -0.1) is 10.2 Å². The Morgan fingerprint density at radius 3 is 2.51 bits per heavy atom. The summed E-state index contributed by atoms with van der Waals surface area (Å²) in [7, 11) is 0. The van der Waals surface area contributed by atoms with Gasteiger partial charge in [0.15, 0.2) is 0 Å². The van der Waals surface area contributed by atoms with Crippen molar-refractivity contribution in [2.75, 3.05) is 0 Å². The number of H-pyrrole nitrogens is 1. The standard InChI is InChI=1S/C27H31N7O/c1-2-3-13-25-30-34(19-20-9-5-4-6-10-20)27(35)33(25)18-21-14-16-22(17-15-21)23-11-7-8-12-24(23)26-28-31-32-29-26/h2-3,7-8,11-12,14-17,20H,4-6,9-10,13,18-19H2,1H3,(H,28,29,31,32). The molecule has 0 atom stereocenters. The third-order valence-electron chi connectivity index (χ3n) is 6.81. The van der Waals surface area contributed by atoms with E-state index in [1.807, 2.05) is 35.8 Å². The van der Waals surface area contributed by atoms with Crippen LogP contribution in [0.15, 0.2) is 65.5 Å². The van der Waals surface area contributed by atoms with Crippen LogP contribution < -0.4 is 5.69 Å². The lowest BCUT2D eigenvalue weighted by molar-refractivity contribution is 0.303. The van der Waals surface area contributed by atoms with Crippen molar-refractivity contribution in [3.63, 3.8) is 0 Å². The zero-order valence-corrected chi connectivity index (χ0v) is 20.1. The van der Waals surface area contributed by atoms with E-state index in [2.05, 4.69) is 57.0 Å². The highest BCUT2D eigenvalue weighted by Gasteiger charge is 2.19. The van der Waals surface area contributed by atoms with Gasteiger partial charge in [0, 0.05) is 18.5 Å². The van der Waals surface area contributed by atoms with Crippen molar-refractivity contribution in [1.29, 1.82) is 0 Å². The molecule has 2 aromatic heterocycles. The van der Waals surface area contributed by atoms with Crippen LogP contribution in [0, 0.1) is 5.92 Å². The molecule has 0 saturated heterocycles. The number of allylic oxidation sites excluding steroid dienone is 2. The predicted octanol–water partition coefficient (Wildman–Crippen LogP) is 4.64. The molecule has 1 N–H and O–H groups in total. The van der Waals surface area contributed by atoms with Gasteiger partial charge in [0.2, 0.25) is 5.82 Å². The van der Waals surface area contributed by atoms with Crippen molar-refractivity contribution in [3.8, 4) is 22.5 Å². The molecule has 0 radical (unpaired) electrons. The van der Waals surface area contributed by atoms with Gasteiger partial charge in [0.25, 0.3) is 0 Å². The van der Waals surface area contributed by atoms with Crippen molar-refractivity contribution in [1.82, 2.24) is 35.0 Å². The first-order valence-electron chi connectivity index (χ1n) is 12.4. The molecule has 0 aliphatic heterocycles. The van der Waals surface area contributed by atoms with Crippen LogP contribution in [0.4, 0.5) is 0 Å². The fourth-order valence-corrected chi connectivity index (χ4v) is 4.93. The smallest absolute Gasteiger partial charge is 0.274 e. The van der Waals surface area contributed by atoms with Gasteiger partial charge in [-0.2, -0.15) is 10.3 Å². The van der Waals surface area contributed by atoms with Crippen LogP contribution in [-0.2, 0) is 19.5 Å². The van der Waals surface area contributed by atoms with Gasteiger partial charge in [-0.1, -0.05) is 79.9 Å². The van der Waals surface area contributed by atoms with Crippen LogP contribution in [0.1, 0.15) is 50.4 Å². The lowest BCUT2D eigenvalue weighted by Crippen LogP contribution is -2.28. The van der Waals surface area contributed by atoms with Gasteiger partial charge in [0.05, 0.1) is 6.54 Å². The Hall–Kier alpha value is -3.81. The number of rotatable bonds is 8. The maximum absolute atomic E-state index is 13.3. The number of aromatic nitrogens is 7. The summed E-state index contributed by atoms with van der Waals surface area (Å²) >= 11 is 0. The fraction of sp³-hybridized carbons (Fsp3) is 0.370. The van der Waals surface area contributed by atoms with Crippen LogP contribution >= 0.6 is 0 Å². The largest absolute Gasteiger partial charge is 0.346 e. The number of benzene rings is 2. The SMILES string of the molecule is CC=CCc1nn(CC2CCCCC2)c(=O)n1Cc1ccc(-c2ccccc2-c2nn[nH]n2)cc1. The number of nitrogens with one attached hydrogen (secondary N) is 1.